The van der Waals surface area contributed by atoms with Gasteiger partial charge >= 0.3 is 0 Å². The molecular weight excluding hydrogens is 380 g/mol. The van der Waals surface area contributed by atoms with Gasteiger partial charge in [-0.2, -0.15) is 10.2 Å². The Morgan fingerprint density at radius 2 is 1.96 bits per heavy atom. The Morgan fingerprint density at radius 3 is 2.61 bits per heavy atom. The summed E-state index contributed by atoms with van der Waals surface area (Å²) in [7, 11) is 0. The van der Waals surface area contributed by atoms with E-state index >= 15 is 0 Å². The fourth-order valence-electron chi connectivity index (χ4n) is 2.45. The van der Waals surface area contributed by atoms with E-state index in [0.717, 1.165) is 5.69 Å². The van der Waals surface area contributed by atoms with Crippen LogP contribution in [0, 0.1) is 5.92 Å². The number of benzene rings is 1. The minimum Gasteiger partial charge on any atom is -0.349 e. The van der Waals surface area contributed by atoms with Crippen molar-refractivity contribution in [3.8, 4) is 5.69 Å². The molecule has 28 heavy (non-hydrogen) atoms. The molecule has 0 saturated heterocycles. The number of anilines is 1. The number of carbonyl (C=O) groups is 2. The maximum atomic E-state index is 12.5. The number of halogens is 1. The highest BCUT2D eigenvalue weighted by Gasteiger charge is 2.18. The van der Waals surface area contributed by atoms with Crippen molar-refractivity contribution < 1.29 is 9.59 Å². The lowest BCUT2D eigenvalue weighted by molar-refractivity contribution is -0.118. The Kier molecular flexibility index (Phi) is 6.10. The summed E-state index contributed by atoms with van der Waals surface area (Å²) in [5.41, 5.74) is 0.952. The molecule has 0 unspecified atom stereocenters. The maximum Gasteiger partial charge on any atom is 0.271 e. The molecule has 0 atom stereocenters. The molecule has 3 rings (SSSR count). The van der Waals surface area contributed by atoms with Gasteiger partial charge in [-0.05, 0) is 12.1 Å². The predicted molar refractivity (Wildman–Crippen MR) is 107 cm³/mol. The minimum absolute atomic E-state index is 0.153. The number of aromatic nitrogens is 4. The van der Waals surface area contributed by atoms with Gasteiger partial charge < -0.3 is 10.6 Å². The molecule has 2 amide bonds. The van der Waals surface area contributed by atoms with Crippen molar-refractivity contribution in [1.29, 1.82) is 0 Å². The second kappa shape index (κ2) is 8.71. The third-order valence-electron chi connectivity index (χ3n) is 3.95. The van der Waals surface area contributed by atoms with Crippen LogP contribution < -0.4 is 10.6 Å². The van der Waals surface area contributed by atoms with Gasteiger partial charge in [0, 0.05) is 24.7 Å². The molecule has 146 valence electrons. The molecule has 0 fully saturated rings. The van der Waals surface area contributed by atoms with Gasteiger partial charge in [-0.3, -0.25) is 14.3 Å². The normalized spacial score (nSPS) is 10.9. The highest BCUT2D eigenvalue weighted by atomic mass is 35.5. The summed E-state index contributed by atoms with van der Waals surface area (Å²) in [6.45, 7) is 4.44. The van der Waals surface area contributed by atoms with Gasteiger partial charge in [0.25, 0.3) is 5.91 Å². The lowest BCUT2D eigenvalue weighted by atomic mass is 10.2. The van der Waals surface area contributed by atoms with Gasteiger partial charge in [-0.15, -0.1) is 0 Å². The summed E-state index contributed by atoms with van der Waals surface area (Å²) >= 11 is 5.82. The van der Waals surface area contributed by atoms with E-state index in [4.69, 9.17) is 11.6 Å². The van der Waals surface area contributed by atoms with Crippen molar-refractivity contribution in [3.05, 3.63) is 59.5 Å². The highest BCUT2D eigenvalue weighted by Crippen LogP contribution is 2.18. The van der Waals surface area contributed by atoms with Crippen LogP contribution in [0.2, 0.25) is 5.02 Å². The Hall–Kier alpha value is -3.13. The van der Waals surface area contributed by atoms with Crippen molar-refractivity contribution in [2.45, 2.75) is 20.4 Å². The molecule has 1 aromatic carbocycles. The average Bonchev–Trinajstić information content (AvgIpc) is 3.28. The van der Waals surface area contributed by atoms with E-state index in [1.807, 2.05) is 30.3 Å². The molecular formula is C19H21ClN6O2. The standard InChI is InChI=1S/C19H21ClN6O2/c1-13(2)18(27)23-17-10-16(24-26(17)15-6-4-3-5-7-15)19(28)21-8-9-25-12-14(20)11-22-25/h3-7,10-13H,8-9H2,1-2H3,(H,21,28)(H,23,27). The summed E-state index contributed by atoms with van der Waals surface area (Å²) in [4.78, 5) is 24.6. The molecule has 8 nitrogen and oxygen atoms in total. The molecule has 0 aliphatic rings. The van der Waals surface area contributed by atoms with Gasteiger partial charge in [0.15, 0.2) is 5.69 Å². The van der Waals surface area contributed by atoms with Crippen LogP contribution in [0.15, 0.2) is 48.8 Å². The van der Waals surface area contributed by atoms with E-state index in [9.17, 15) is 9.59 Å². The first kappa shape index (κ1) is 19.6. The molecule has 0 aliphatic carbocycles. The Bertz CT molecular complexity index is 964. The van der Waals surface area contributed by atoms with Crippen LogP contribution in [0.25, 0.3) is 5.69 Å². The van der Waals surface area contributed by atoms with Crippen LogP contribution in [0.1, 0.15) is 24.3 Å². The first-order valence-electron chi connectivity index (χ1n) is 8.86. The Balaban J connectivity index is 1.75. The molecule has 2 N–H and O–H groups in total. The van der Waals surface area contributed by atoms with E-state index in [0.29, 0.717) is 23.9 Å². The van der Waals surface area contributed by atoms with Crippen molar-refractivity contribution >= 4 is 29.2 Å². The summed E-state index contributed by atoms with van der Waals surface area (Å²) in [6.07, 6.45) is 3.21. The molecule has 3 aromatic rings. The van der Waals surface area contributed by atoms with Crippen LogP contribution >= 0.6 is 11.6 Å². The second-order valence-electron chi connectivity index (χ2n) is 6.48. The molecule has 2 aromatic heterocycles. The predicted octanol–water partition coefficient (Wildman–Crippen LogP) is 2.75. The average molecular weight is 401 g/mol. The van der Waals surface area contributed by atoms with E-state index < -0.39 is 0 Å². The third-order valence-corrected chi connectivity index (χ3v) is 4.14. The zero-order valence-corrected chi connectivity index (χ0v) is 16.3. The van der Waals surface area contributed by atoms with E-state index in [1.165, 1.54) is 6.20 Å². The van der Waals surface area contributed by atoms with Crippen molar-refractivity contribution in [2.75, 3.05) is 11.9 Å². The van der Waals surface area contributed by atoms with E-state index in [1.54, 1.807) is 35.5 Å². The Morgan fingerprint density at radius 1 is 1.21 bits per heavy atom. The molecule has 0 bridgehead atoms. The molecule has 0 spiro atoms. The fraction of sp³-hybridized carbons (Fsp3) is 0.263. The van der Waals surface area contributed by atoms with Crippen molar-refractivity contribution in [2.24, 2.45) is 5.92 Å². The van der Waals surface area contributed by atoms with E-state index in [2.05, 4.69) is 20.8 Å². The summed E-state index contributed by atoms with van der Waals surface area (Å²) in [5.74, 6) is -0.251. The number of hydrogen-bond donors (Lipinski definition) is 2. The Labute approximate surface area is 167 Å². The largest absolute Gasteiger partial charge is 0.349 e. The lowest BCUT2D eigenvalue weighted by Crippen LogP contribution is -2.27. The minimum atomic E-state index is -0.340. The van der Waals surface area contributed by atoms with Crippen LogP contribution in [-0.4, -0.2) is 37.9 Å². The summed E-state index contributed by atoms with van der Waals surface area (Å²) in [6, 6.07) is 10.9. The number of rotatable bonds is 7. The second-order valence-corrected chi connectivity index (χ2v) is 6.92. The number of amides is 2. The van der Waals surface area contributed by atoms with Gasteiger partial charge in [0.05, 0.1) is 23.5 Å². The van der Waals surface area contributed by atoms with Crippen LogP contribution in [0.5, 0.6) is 0 Å². The fourth-order valence-corrected chi connectivity index (χ4v) is 2.61. The number of hydrogen-bond acceptors (Lipinski definition) is 4. The number of para-hydroxylation sites is 1. The molecule has 9 heteroatoms. The highest BCUT2D eigenvalue weighted by molar-refractivity contribution is 6.30. The van der Waals surface area contributed by atoms with Gasteiger partial charge in [-0.25, -0.2) is 4.68 Å². The smallest absolute Gasteiger partial charge is 0.271 e. The number of nitrogens with one attached hydrogen (secondary N) is 2. The van der Waals surface area contributed by atoms with Crippen LogP contribution in [0.3, 0.4) is 0 Å². The van der Waals surface area contributed by atoms with Gasteiger partial charge in [-0.1, -0.05) is 43.6 Å². The van der Waals surface area contributed by atoms with Crippen LogP contribution in [0.4, 0.5) is 5.82 Å². The zero-order chi connectivity index (χ0) is 20.1. The first-order chi connectivity index (χ1) is 13.4. The van der Waals surface area contributed by atoms with Crippen molar-refractivity contribution in [1.82, 2.24) is 24.9 Å². The summed E-state index contributed by atoms with van der Waals surface area (Å²) < 4.78 is 3.18. The van der Waals surface area contributed by atoms with Crippen molar-refractivity contribution in [3.63, 3.8) is 0 Å². The lowest BCUT2D eigenvalue weighted by Gasteiger charge is -2.10. The van der Waals surface area contributed by atoms with Gasteiger partial charge in [0.1, 0.15) is 5.82 Å². The number of nitrogens with zero attached hydrogens (tertiary/aromatic N) is 4. The molecule has 0 radical (unpaired) electrons. The molecule has 0 saturated carbocycles. The van der Waals surface area contributed by atoms with Gasteiger partial charge in [0.2, 0.25) is 5.91 Å². The molecule has 2 heterocycles. The quantitative estimate of drug-likeness (QED) is 0.637. The first-order valence-corrected chi connectivity index (χ1v) is 9.24. The SMILES string of the molecule is CC(C)C(=O)Nc1cc(C(=O)NCCn2cc(Cl)cn2)nn1-c1ccccc1. The zero-order valence-electron chi connectivity index (χ0n) is 15.6. The van der Waals surface area contributed by atoms with Crippen LogP contribution in [-0.2, 0) is 11.3 Å². The molecule has 0 aliphatic heterocycles. The summed E-state index contributed by atoms with van der Waals surface area (Å²) in [5, 5.41) is 14.6. The topological polar surface area (TPSA) is 93.8 Å². The monoisotopic (exact) mass is 400 g/mol. The van der Waals surface area contributed by atoms with E-state index in [-0.39, 0.29) is 23.4 Å². The number of carbonyl (C=O) groups excluding carboxylic acids is 2. The maximum absolute atomic E-state index is 12.5. The third kappa shape index (κ3) is 4.77.